The van der Waals surface area contributed by atoms with E-state index in [2.05, 4.69) is 30.0 Å². The molecular weight excluding hydrogens is 270 g/mol. The van der Waals surface area contributed by atoms with Crippen molar-refractivity contribution in [2.45, 2.75) is 0 Å². The van der Waals surface area contributed by atoms with Gasteiger partial charge in [-0.3, -0.25) is 4.98 Å². The molecule has 9 heteroatoms. The summed E-state index contributed by atoms with van der Waals surface area (Å²) in [5, 5.41) is 3.90. The van der Waals surface area contributed by atoms with Crippen molar-refractivity contribution in [1.82, 2.24) is 34.7 Å². The predicted molar refractivity (Wildman–Crippen MR) is 64.1 cm³/mol. The van der Waals surface area contributed by atoms with E-state index >= 15 is 0 Å². The van der Waals surface area contributed by atoms with E-state index < -0.39 is 0 Å². The third kappa shape index (κ3) is 2.63. The molecule has 8 nitrogen and oxygen atoms in total. The Morgan fingerprint density at radius 3 is 2.84 bits per heavy atom. The standard InChI is InChI=1S/C10H6ClN7O/c11-8-15-9(18-6-13-5-14-18)17-10(16-8)19-7-2-1-3-12-4-7/h1-6H. The summed E-state index contributed by atoms with van der Waals surface area (Å²) < 4.78 is 6.78. The Labute approximate surface area is 112 Å². The Balaban J connectivity index is 1.94. The summed E-state index contributed by atoms with van der Waals surface area (Å²) in [6.07, 6.45) is 5.97. The molecule has 3 heterocycles. The molecule has 0 spiro atoms. The van der Waals surface area contributed by atoms with E-state index in [1.807, 2.05) is 0 Å². The van der Waals surface area contributed by atoms with Gasteiger partial charge in [0.2, 0.25) is 5.28 Å². The number of aromatic nitrogens is 7. The first-order valence-electron chi connectivity index (χ1n) is 5.16. The maximum absolute atomic E-state index is 5.81. The van der Waals surface area contributed by atoms with Gasteiger partial charge < -0.3 is 4.74 Å². The van der Waals surface area contributed by atoms with Crippen LogP contribution in [0.25, 0.3) is 5.95 Å². The van der Waals surface area contributed by atoms with Crippen molar-refractivity contribution in [1.29, 1.82) is 0 Å². The van der Waals surface area contributed by atoms with Gasteiger partial charge in [0, 0.05) is 6.20 Å². The lowest BCUT2D eigenvalue weighted by Crippen LogP contribution is -2.05. The van der Waals surface area contributed by atoms with Crippen LogP contribution in [0, 0.1) is 0 Å². The third-order valence-electron chi connectivity index (χ3n) is 2.04. The quantitative estimate of drug-likeness (QED) is 0.711. The number of nitrogens with zero attached hydrogens (tertiary/aromatic N) is 7. The van der Waals surface area contributed by atoms with Crippen molar-refractivity contribution in [3.63, 3.8) is 0 Å². The summed E-state index contributed by atoms with van der Waals surface area (Å²) >= 11 is 5.81. The van der Waals surface area contributed by atoms with Gasteiger partial charge in [-0.15, -0.1) is 0 Å². The summed E-state index contributed by atoms with van der Waals surface area (Å²) in [7, 11) is 0. The fourth-order valence-electron chi connectivity index (χ4n) is 1.29. The number of pyridine rings is 1. The number of hydrogen-bond acceptors (Lipinski definition) is 7. The van der Waals surface area contributed by atoms with Crippen LogP contribution in [0.15, 0.2) is 37.2 Å². The van der Waals surface area contributed by atoms with Crippen LogP contribution in [0.1, 0.15) is 0 Å². The molecule has 0 radical (unpaired) electrons. The smallest absolute Gasteiger partial charge is 0.328 e. The van der Waals surface area contributed by atoms with Crippen LogP contribution in [0.2, 0.25) is 5.28 Å². The van der Waals surface area contributed by atoms with Gasteiger partial charge in [0.05, 0.1) is 6.20 Å². The monoisotopic (exact) mass is 275 g/mol. The average Bonchev–Trinajstić information content (AvgIpc) is 2.93. The highest BCUT2D eigenvalue weighted by molar-refractivity contribution is 6.28. The fourth-order valence-corrected chi connectivity index (χ4v) is 1.44. The fraction of sp³-hybridized carbons (Fsp3) is 0. The molecule has 0 amide bonds. The van der Waals surface area contributed by atoms with Gasteiger partial charge in [-0.2, -0.15) is 24.7 Å². The number of rotatable bonds is 3. The Morgan fingerprint density at radius 1 is 1.16 bits per heavy atom. The Bertz CT molecular complexity index is 674. The molecule has 0 aromatic carbocycles. The molecule has 3 aromatic heterocycles. The molecule has 0 atom stereocenters. The normalized spacial score (nSPS) is 10.4. The van der Waals surface area contributed by atoms with Crippen molar-refractivity contribution < 1.29 is 4.74 Å². The molecule has 0 aliphatic rings. The van der Waals surface area contributed by atoms with Gasteiger partial charge in [-0.25, -0.2) is 4.98 Å². The van der Waals surface area contributed by atoms with E-state index in [0.29, 0.717) is 5.75 Å². The average molecular weight is 276 g/mol. The first-order chi connectivity index (χ1) is 9.31. The van der Waals surface area contributed by atoms with Crippen molar-refractivity contribution >= 4 is 11.6 Å². The number of hydrogen-bond donors (Lipinski definition) is 0. The SMILES string of the molecule is Clc1nc(Oc2cccnc2)nc(-n2cncn2)n1. The summed E-state index contributed by atoms with van der Waals surface area (Å²) in [6.45, 7) is 0. The van der Waals surface area contributed by atoms with Gasteiger partial charge in [0.15, 0.2) is 0 Å². The lowest BCUT2D eigenvalue weighted by molar-refractivity contribution is 0.435. The second-order valence-electron chi connectivity index (χ2n) is 3.32. The highest BCUT2D eigenvalue weighted by Crippen LogP contribution is 2.17. The number of ether oxygens (including phenoxy) is 1. The van der Waals surface area contributed by atoms with Gasteiger partial charge in [-0.05, 0) is 23.7 Å². The van der Waals surface area contributed by atoms with E-state index in [9.17, 15) is 0 Å². The van der Waals surface area contributed by atoms with E-state index in [4.69, 9.17) is 16.3 Å². The summed E-state index contributed by atoms with van der Waals surface area (Å²) in [4.78, 5) is 19.6. The van der Waals surface area contributed by atoms with E-state index in [1.54, 1.807) is 18.3 Å². The molecule has 0 bridgehead atoms. The molecule has 0 aliphatic carbocycles. The minimum Gasteiger partial charge on any atom is -0.422 e. The zero-order valence-electron chi connectivity index (χ0n) is 9.38. The lowest BCUT2D eigenvalue weighted by atomic mass is 10.5. The second-order valence-corrected chi connectivity index (χ2v) is 3.66. The maximum atomic E-state index is 5.81. The van der Waals surface area contributed by atoms with Crippen molar-refractivity contribution in [3.8, 4) is 17.7 Å². The van der Waals surface area contributed by atoms with Crippen LogP contribution in [0.4, 0.5) is 0 Å². The zero-order chi connectivity index (χ0) is 13.1. The van der Waals surface area contributed by atoms with Gasteiger partial charge in [-0.1, -0.05) is 0 Å². The molecule has 0 saturated carbocycles. The summed E-state index contributed by atoms with van der Waals surface area (Å²) in [5.74, 6) is 0.714. The summed E-state index contributed by atoms with van der Waals surface area (Å²) in [5.41, 5.74) is 0. The zero-order valence-corrected chi connectivity index (χ0v) is 10.1. The van der Waals surface area contributed by atoms with Crippen LogP contribution >= 0.6 is 11.6 Å². The molecule has 0 saturated heterocycles. The molecule has 94 valence electrons. The maximum Gasteiger partial charge on any atom is 0.328 e. The lowest BCUT2D eigenvalue weighted by Gasteiger charge is -2.04. The molecule has 3 rings (SSSR count). The minimum atomic E-state index is -0.000565. The van der Waals surface area contributed by atoms with Gasteiger partial charge in [0.1, 0.15) is 18.4 Å². The van der Waals surface area contributed by atoms with E-state index in [-0.39, 0.29) is 17.2 Å². The van der Waals surface area contributed by atoms with Crippen molar-refractivity contribution in [3.05, 3.63) is 42.5 Å². The van der Waals surface area contributed by atoms with Gasteiger partial charge in [0.25, 0.3) is 5.95 Å². The highest BCUT2D eigenvalue weighted by Gasteiger charge is 2.09. The Hall–Kier alpha value is -2.61. The molecule has 0 fully saturated rings. The molecule has 0 N–H and O–H groups in total. The Kier molecular flexibility index (Phi) is 2.99. The summed E-state index contributed by atoms with van der Waals surface area (Å²) in [6, 6.07) is 3.51. The molecule has 0 aliphatic heterocycles. The van der Waals surface area contributed by atoms with Crippen molar-refractivity contribution in [2.75, 3.05) is 0 Å². The van der Waals surface area contributed by atoms with E-state index in [1.165, 1.54) is 23.5 Å². The number of halogens is 1. The molecule has 3 aromatic rings. The van der Waals surface area contributed by atoms with Crippen LogP contribution in [0.3, 0.4) is 0 Å². The first kappa shape index (κ1) is 11.5. The minimum absolute atomic E-state index is 0.000565. The third-order valence-corrected chi connectivity index (χ3v) is 2.21. The highest BCUT2D eigenvalue weighted by atomic mass is 35.5. The first-order valence-corrected chi connectivity index (χ1v) is 5.53. The van der Waals surface area contributed by atoms with E-state index in [0.717, 1.165) is 0 Å². The van der Waals surface area contributed by atoms with Crippen molar-refractivity contribution in [2.24, 2.45) is 0 Å². The van der Waals surface area contributed by atoms with Crippen LogP contribution in [-0.2, 0) is 0 Å². The van der Waals surface area contributed by atoms with Gasteiger partial charge >= 0.3 is 6.01 Å². The van der Waals surface area contributed by atoms with Crippen LogP contribution < -0.4 is 4.74 Å². The molecule has 0 unspecified atom stereocenters. The molecule has 19 heavy (non-hydrogen) atoms. The largest absolute Gasteiger partial charge is 0.422 e. The van der Waals surface area contributed by atoms with Crippen LogP contribution in [-0.4, -0.2) is 34.7 Å². The second kappa shape index (κ2) is 4.94. The Morgan fingerprint density at radius 2 is 2.11 bits per heavy atom. The van der Waals surface area contributed by atoms with Crippen LogP contribution in [0.5, 0.6) is 11.8 Å². The topological polar surface area (TPSA) is 91.5 Å². The molecular formula is C10H6ClN7O. The predicted octanol–water partition coefficient (Wildman–Crippen LogP) is 1.29.